The molecule has 0 atom stereocenters. The van der Waals surface area contributed by atoms with Crippen LogP contribution in [0.3, 0.4) is 0 Å². The third kappa shape index (κ3) is 4.46. The first kappa shape index (κ1) is 27.3. The molecule has 0 unspecified atom stereocenters. The SMILES string of the molecule is c1ccc(-c2cc(-c3ccccc3)nc(-c3cccc(-c4ccc5c(c4)n(-c4ccccc4)c4nc6oc7ccccc7c6n54)c3)n2)cc1. The number of fused-ring (bicyclic) bond motifs is 7. The Hall–Kier alpha value is -6.79. The van der Waals surface area contributed by atoms with Crippen LogP contribution >= 0.6 is 0 Å². The van der Waals surface area contributed by atoms with Crippen LogP contribution in [0.4, 0.5) is 0 Å². The monoisotopic (exact) mass is 629 g/mol. The van der Waals surface area contributed by atoms with Crippen LogP contribution in [-0.4, -0.2) is 23.9 Å². The van der Waals surface area contributed by atoms with Gasteiger partial charge in [0.1, 0.15) is 11.1 Å². The Morgan fingerprint density at radius 3 is 1.80 bits per heavy atom. The lowest BCUT2D eigenvalue weighted by atomic mass is 10.0. The predicted octanol–water partition coefficient (Wildman–Crippen LogP) is 10.6. The number of imidazole rings is 2. The molecule has 0 N–H and O–H groups in total. The molecule has 49 heavy (non-hydrogen) atoms. The Kier molecular flexibility index (Phi) is 6.08. The highest BCUT2D eigenvalue weighted by Gasteiger charge is 2.22. The van der Waals surface area contributed by atoms with Crippen molar-refractivity contribution in [3.8, 4) is 50.7 Å². The second-order valence-electron chi connectivity index (χ2n) is 12.1. The van der Waals surface area contributed by atoms with Crippen LogP contribution in [0.5, 0.6) is 0 Å². The zero-order valence-electron chi connectivity index (χ0n) is 26.2. The molecule has 4 heterocycles. The van der Waals surface area contributed by atoms with E-state index < -0.39 is 0 Å². The van der Waals surface area contributed by atoms with Crippen molar-refractivity contribution < 1.29 is 4.42 Å². The van der Waals surface area contributed by atoms with Gasteiger partial charge in [0.05, 0.1) is 22.4 Å². The van der Waals surface area contributed by atoms with Crippen molar-refractivity contribution >= 4 is 39.0 Å². The molecule has 0 aliphatic carbocycles. The summed E-state index contributed by atoms with van der Waals surface area (Å²) in [7, 11) is 0. The lowest BCUT2D eigenvalue weighted by Crippen LogP contribution is -1.96. The first-order valence-electron chi connectivity index (χ1n) is 16.3. The van der Waals surface area contributed by atoms with E-state index in [1.54, 1.807) is 0 Å². The maximum Gasteiger partial charge on any atom is 0.248 e. The van der Waals surface area contributed by atoms with E-state index in [9.17, 15) is 0 Å². The van der Waals surface area contributed by atoms with E-state index >= 15 is 0 Å². The van der Waals surface area contributed by atoms with Gasteiger partial charge in [-0.25, -0.2) is 9.97 Å². The summed E-state index contributed by atoms with van der Waals surface area (Å²) in [4.78, 5) is 15.2. The molecule has 0 bridgehead atoms. The predicted molar refractivity (Wildman–Crippen MR) is 197 cm³/mol. The number of nitrogens with zero attached hydrogens (tertiary/aromatic N) is 5. The van der Waals surface area contributed by atoms with Crippen molar-refractivity contribution in [3.05, 3.63) is 164 Å². The van der Waals surface area contributed by atoms with Gasteiger partial charge in [-0.3, -0.25) is 8.97 Å². The molecule has 6 aromatic carbocycles. The minimum Gasteiger partial charge on any atom is -0.436 e. The van der Waals surface area contributed by atoms with Gasteiger partial charge in [0.25, 0.3) is 0 Å². The quantitative estimate of drug-likeness (QED) is 0.190. The highest BCUT2D eigenvalue weighted by atomic mass is 16.3. The number of hydrogen-bond donors (Lipinski definition) is 0. The summed E-state index contributed by atoms with van der Waals surface area (Å²) in [5.41, 5.74) is 12.6. The fourth-order valence-electron chi connectivity index (χ4n) is 6.87. The lowest BCUT2D eigenvalue weighted by Gasteiger charge is -2.11. The van der Waals surface area contributed by atoms with Gasteiger partial charge in [0.2, 0.25) is 11.5 Å². The standard InChI is InChI=1S/C43H27N5O/c1-4-13-28(14-5-1)35-27-36(29-15-6-2-7-16-29)45-41(44-35)32-18-12-17-30(25-32)31-23-24-37-38(26-31)47(33-19-8-3-9-20-33)43-46-42-40(48(37)43)34-21-10-11-22-39(34)49-42/h1-27H. The third-order valence-corrected chi connectivity index (χ3v) is 9.17. The highest BCUT2D eigenvalue weighted by molar-refractivity contribution is 6.06. The van der Waals surface area contributed by atoms with Crippen LogP contribution in [0.15, 0.2) is 168 Å². The normalized spacial score (nSPS) is 11.7. The van der Waals surface area contributed by atoms with Crippen LogP contribution < -0.4 is 0 Å². The second kappa shape index (κ2) is 10.9. The van der Waals surface area contributed by atoms with E-state index in [4.69, 9.17) is 19.4 Å². The summed E-state index contributed by atoms with van der Waals surface area (Å²) in [6.45, 7) is 0. The van der Waals surface area contributed by atoms with Crippen molar-refractivity contribution in [1.29, 1.82) is 0 Å². The number of hydrogen-bond acceptors (Lipinski definition) is 4. The number of benzene rings is 6. The van der Waals surface area contributed by atoms with Gasteiger partial charge in [-0.15, -0.1) is 0 Å². The Balaban J connectivity index is 1.16. The van der Waals surface area contributed by atoms with E-state index in [0.717, 1.165) is 78.2 Å². The molecule has 10 rings (SSSR count). The largest absolute Gasteiger partial charge is 0.436 e. The Labute approximate surface area is 281 Å². The van der Waals surface area contributed by atoms with Crippen molar-refractivity contribution in [2.45, 2.75) is 0 Å². The van der Waals surface area contributed by atoms with Gasteiger partial charge in [-0.2, -0.15) is 4.98 Å². The van der Waals surface area contributed by atoms with Gasteiger partial charge in [0, 0.05) is 27.8 Å². The number of para-hydroxylation sites is 2. The maximum absolute atomic E-state index is 6.20. The molecule has 230 valence electrons. The molecular formula is C43H27N5O. The summed E-state index contributed by atoms with van der Waals surface area (Å²) in [6, 6.07) is 56.2. The van der Waals surface area contributed by atoms with Crippen LogP contribution in [0.1, 0.15) is 0 Å². The maximum atomic E-state index is 6.20. The zero-order chi connectivity index (χ0) is 32.3. The molecule has 0 fully saturated rings. The topological polar surface area (TPSA) is 61.2 Å². The van der Waals surface area contributed by atoms with E-state index in [0.29, 0.717) is 11.5 Å². The van der Waals surface area contributed by atoms with E-state index in [2.05, 4.69) is 112 Å². The zero-order valence-corrected chi connectivity index (χ0v) is 26.2. The molecule has 4 aromatic heterocycles. The summed E-state index contributed by atoms with van der Waals surface area (Å²) < 4.78 is 10.6. The number of furan rings is 1. The van der Waals surface area contributed by atoms with Gasteiger partial charge >= 0.3 is 0 Å². The Morgan fingerprint density at radius 1 is 0.449 bits per heavy atom. The second-order valence-corrected chi connectivity index (χ2v) is 12.1. The van der Waals surface area contributed by atoms with Gasteiger partial charge < -0.3 is 4.42 Å². The van der Waals surface area contributed by atoms with E-state index in [1.165, 1.54) is 0 Å². The molecular weight excluding hydrogens is 603 g/mol. The van der Waals surface area contributed by atoms with Gasteiger partial charge in [-0.1, -0.05) is 115 Å². The lowest BCUT2D eigenvalue weighted by molar-refractivity contribution is 0.656. The van der Waals surface area contributed by atoms with E-state index in [-0.39, 0.29) is 0 Å². The van der Waals surface area contributed by atoms with Crippen molar-refractivity contribution in [3.63, 3.8) is 0 Å². The number of aromatic nitrogens is 5. The summed E-state index contributed by atoms with van der Waals surface area (Å²) in [5, 5.41) is 1.04. The molecule has 0 spiro atoms. The van der Waals surface area contributed by atoms with E-state index in [1.807, 2.05) is 60.7 Å². The van der Waals surface area contributed by atoms with Crippen molar-refractivity contribution in [2.24, 2.45) is 0 Å². The minimum absolute atomic E-state index is 0.632. The minimum atomic E-state index is 0.632. The molecule has 6 heteroatoms. The third-order valence-electron chi connectivity index (χ3n) is 9.17. The first-order chi connectivity index (χ1) is 24.3. The molecule has 0 radical (unpaired) electrons. The Bertz CT molecular complexity index is 2760. The fourth-order valence-corrected chi connectivity index (χ4v) is 6.87. The van der Waals surface area contributed by atoms with Gasteiger partial charge in [0.15, 0.2) is 5.82 Å². The van der Waals surface area contributed by atoms with Crippen LogP contribution in [-0.2, 0) is 0 Å². The molecule has 6 nitrogen and oxygen atoms in total. The summed E-state index contributed by atoms with van der Waals surface area (Å²) >= 11 is 0. The Morgan fingerprint density at radius 2 is 1.06 bits per heavy atom. The van der Waals surface area contributed by atoms with Crippen LogP contribution in [0.25, 0.3) is 89.7 Å². The molecule has 10 aromatic rings. The molecule has 0 amide bonds. The average molecular weight is 630 g/mol. The average Bonchev–Trinajstić information content (AvgIpc) is 3.82. The molecule has 0 saturated carbocycles. The van der Waals surface area contributed by atoms with Gasteiger partial charge in [-0.05, 0) is 59.7 Å². The van der Waals surface area contributed by atoms with Crippen molar-refractivity contribution in [1.82, 2.24) is 23.9 Å². The summed E-state index contributed by atoms with van der Waals surface area (Å²) in [6.07, 6.45) is 0. The highest BCUT2D eigenvalue weighted by Crippen LogP contribution is 2.37. The van der Waals surface area contributed by atoms with Crippen molar-refractivity contribution in [2.75, 3.05) is 0 Å². The summed E-state index contributed by atoms with van der Waals surface area (Å²) in [5.74, 6) is 1.50. The first-order valence-corrected chi connectivity index (χ1v) is 16.3. The molecule has 0 aliphatic heterocycles. The van der Waals surface area contributed by atoms with Crippen LogP contribution in [0.2, 0.25) is 0 Å². The fraction of sp³-hybridized carbons (Fsp3) is 0. The smallest absolute Gasteiger partial charge is 0.248 e. The molecule has 0 aliphatic rings. The van der Waals surface area contributed by atoms with Crippen LogP contribution in [0, 0.1) is 0 Å². The number of rotatable bonds is 5. The molecule has 0 saturated heterocycles.